The second-order valence-corrected chi connectivity index (χ2v) is 15.5. The third kappa shape index (κ3) is 10.6. The molecule has 3 amide bonds. The molecule has 3 N–H and O–H groups in total. The average Bonchev–Trinajstić information content (AvgIpc) is 3.55. The largest absolute Gasteiger partial charge is 0.462 e. The van der Waals surface area contributed by atoms with E-state index in [1.165, 1.54) is 34.2 Å². The molecule has 55 heavy (non-hydrogen) atoms. The van der Waals surface area contributed by atoms with Gasteiger partial charge in [-0.15, -0.1) is 23.1 Å². The minimum atomic E-state index is -0.493. The summed E-state index contributed by atoms with van der Waals surface area (Å²) in [7, 11) is 0. The van der Waals surface area contributed by atoms with E-state index in [2.05, 4.69) is 46.8 Å². The highest BCUT2D eigenvalue weighted by atomic mass is 32.2. The Morgan fingerprint density at radius 1 is 0.891 bits per heavy atom. The maximum absolute atomic E-state index is 13.7. The van der Waals surface area contributed by atoms with Crippen molar-refractivity contribution in [3.63, 3.8) is 0 Å². The number of nitrogens with zero attached hydrogens (tertiary/aromatic N) is 1. The molecule has 1 aliphatic rings. The van der Waals surface area contributed by atoms with Gasteiger partial charge in [-0.25, -0.2) is 4.79 Å². The van der Waals surface area contributed by atoms with E-state index in [1.807, 2.05) is 54.6 Å². The monoisotopic (exact) mass is 772 g/mol. The Hall–Kier alpha value is -5.49. The van der Waals surface area contributed by atoms with Crippen LogP contribution in [0.2, 0.25) is 0 Å². The molecule has 0 spiro atoms. The smallest absolute Gasteiger partial charge is 0.341 e. The van der Waals surface area contributed by atoms with Gasteiger partial charge in [0.2, 0.25) is 5.91 Å². The van der Waals surface area contributed by atoms with Crippen LogP contribution in [0.3, 0.4) is 0 Å². The standard InChI is InChI=1S/C44H44N4O5S2/c1-4-53-44(52)40-36-22-23-48(26-31-12-7-5-8-13-31)27-38(36)55-43(40)47-39(49)28-54-35-17-11-16-34(25-35)45-42(51)37(46-41(50)33-14-9-6-10-15-33)24-30-18-20-32(21-19-30)29(2)3/h5-21,24-25,29H,4,22-23,26-28H2,1-3H3,(H,45,51)(H,46,50)(H,47,49)/b37-24+. The van der Waals surface area contributed by atoms with Crippen LogP contribution in [0, 0.1) is 0 Å². The zero-order valence-electron chi connectivity index (χ0n) is 31.1. The van der Waals surface area contributed by atoms with Gasteiger partial charge in [0.1, 0.15) is 10.7 Å². The quantitative estimate of drug-likeness (QED) is 0.0587. The first kappa shape index (κ1) is 39.2. The van der Waals surface area contributed by atoms with Crippen LogP contribution in [-0.4, -0.2) is 47.5 Å². The highest BCUT2D eigenvalue weighted by Gasteiger charge is 2.29. The fraction of sp³-hybridized carbons (Fsp3) is 0.227. The Balaban J connectivity index is 1.12. The molecular weight excluding hydrogens is 729 g/mol. The summed E-state index contributed by atoms with van der Waals surface area (Å²) in [5.74, 6) is -1.15. The van der Waals surface area contributed by atoms with Crippen LogP contribution < -0.4 is 16.0 Å². The van der Waals surface area contributed by atoms with Crippen molar-refractivity contribution in [1.82, 2.24) is 10.2 Å². The molecule has 1 aliphatic heterocycles. The van der Waals surface area contributed by atoms with Crippen molar-refractivity contribution in [1.29, 1.82) is 0 Å². The number of benzene rings is 4. The summed E-state index contributed by atoms with van der Waals surface area (Å²) in [6.07, 6.45) is 2.34. The number of ether oxygens (including phenoxy) is 1. The third-order valence-corrected chi connectivity index (χ3v) is 11.1. The van der Waals surface area contributed by atoms with Gasteiger partial charge in [0, 0.05) is 40.7 Å². The first-order valence-corrected chi connectivity index (χ1v) is 20.1. The predicted octanol–water partition coefficient (Wildman–Crippen LogP) is 8.75. The van der Waals surface area contributed by atoms with Crippen molar-refractivity contribution in [2.45, 2.75) is 51.1 Å². The van der Waals surface area contributed by atoms with E-state index in [1.54, 1.807) is 55.5 Å². The number of hydrogen-bond donors (Lipinski definition) is 3. The Morgan fingerprint density at radius 3 is 2.33 bits per heavy atom. The molecule has 0 bridgehead atoms. The molecule has 0 unspecified atom stereocenters. The maximum atomic E-state index is 13.7. The lowest BCUT2D eigenvalue weighted by Gasteiger charge is -2.27. The average molecular weight is 773 g/mol. The van der Waals surface area contributed by atoms with Crippen LogP contribution >= 0.6 is 23.1 Å². The topological polar surface area (TPSA) is 117 Å². The van der Waals surface area contributed by atoms with Crippen molar-refractivity contribution >= 4 is 63.6 Å². The minimum absolute atomic E-state index is 0.0764. The highest BCUT2D eigenvalue weighted by molar-refractivity contribution is 8.00. The number of hydrogen-bond acceptors (Lipinski definition) is 8. The molecule has 0 fully saturated rings. The molecule has 4 aromatic carbocycles. The molecule has 0 aliphatic carbocycles. The van der Waals surface area contributed by atoms with Gasteiger partial charge in [0.15, 0.2) is 0 Å². The van der Waals surface area contributed by atoms with Gasteiger partial charge in [-0.05, 0) is 77.9 Å². The molecule has 282 valence electrons. The first-order chi connectivity index (χ1) is 26.7. The number of anilines is 2. The summed E-state index contributed by atoms with van der Waals surface area (Å²) in [6, 6.07) is 34.0. The number of amides is 3. The molecule has 6 rings (SSSR count). The van der Waals surface area contributed by atoms with Crippen LogP contribution in [-0.2, 0) is 33.8 Å². The predicted molar refractivity (Wildman–Crippen MR) is 221 cm³/mol. The summed E-state index contributed by atoms with van der Waals surface area (Å²) in [5, 5.41) is 9.19. The van der Waals surface area contributed by atoms with Crippen molar-refractivity contribution < 1.29 is 23.9 Å². The molecule has 0 saturated heterocycles. The van der Waals surface area contributed by atoms with Gasteiger partial charge in [-0.1, -0.05) is 92.7 Å². The lowest BCUT2D eigenvalue weighted by molar-refractivity contribution is -0.114. The summed E-state index contributed by atoms with van der Waals surface area (Å²) in [4.78, 5) is 57.4. The van der Waals surface area contributed by atoms with Crippen LogP contribution in [0.1, 0.15) is 74.5 Å². The van der Waals surface area contributed by atoms with Crippen molar-refractivity contribution in [3.05, 3.63) is 153 Å². The molecule has 11 heteroatoms. The second kappa shape index (κ2) is 18.7. The highest BCUT2D eigenvalue weighted by Crippen LogP contribution is 2.38. The fourth-order valence-electron chi connectivity index (χ4n) is 6.20. The number of thiophene rings is 1. The van der Waals surface area contributed by atoms with Gasteiger partial charge in [-0.2, -0.15) is 0 Å². The van der Waals surface area contributed by atoms with Gasteiger partial charge < -0.3 is 20.7 Å². The van der Waals surface area contributed by atoms with E-state index >= 15 is 0 Å². The van der Waals surface area contributed by atoms with Crippen molar-refractivity contribution in [3.8, 4) is 0 Å². The molecule has 0 saturated carbocycles. The molecule has 0 atom stereocenters. The van der Waals surface area contributed by atoms with E-state index in [0.717, 1.165) is 34.0 Å². The SMILES string of the molecule is CCOC(=O)c1c(NC(=O)CSc2cccc(NC(=O)/C(=C\c3ccc(C(C)C)cc3)NC(=O)c3ccccc3)c2)sc2c1CCN(Cc1ccccc1)C2. The normalized spacial score (nSPS) is 12.8. The Bertz CT molecular complexity index is 2170. The Kier molecular flexibility index (Phi) is 13.3. The van der Waals surface area contributed by atoms with E-state index in [0.29, 0.717) is 40.7 Å². The van der Waals surface area contributed by atoms with E-state index in [4.69, 9.17) is 4.74 Å². The van der Waals surface area contributed by atoms with E-state index < -0.39 is 17.8 Å². The number of rotatable bonds is 14. The Morgan fingerprint density at radius 2 is 1.62 bits per heavy atom. The lowest BCUT2D eigenvalue weighted by atomic mass is 10.0. The van der Waals surface area contributed by atoms with Gasteiger partial charge >= 0.3 is 5.97 Å². The van der Waals surface area contributed by atoms with Crippen LogP contribution in [0.5, 0.6) is 0 Å². The zero-order valence-corrected chi connectivity index (χ0v) is 32.7. The zero-order chi connectivity index (χ0) is 38.7. The molecule has 9 nitrogen and oxygen atoms in total. The molecule has 1 aromatic heterocycles. The summed E-state index contributed by atoms with van der Waals surface area (Å²) in [6.45, 7) is 8.51. The molecule has 2 heterocycles. The van der Waals surface area contributed by atoms with Crippen LogP contribution in [0.15, 0.2) is 120 Å². The summed E-state index contributed by atoms with van der Waals surface area (Å²) >= 11 is 2.74. The van der Waals surface area contributed by atoms with Crippen molar-refractivity contribution in [2.75, 3.05) is 29.5 Å². The fourth-order valence-corrected chi connectivity index (χ4v) is 8.25. The first-order valence-electron chi connectivity index (χ1n) is 18.3. The maximum Gasteiger partial charge on any atom is 0.341 e. The van der Waals surface area contributed by atoms with Crippen molar-refractivity contribution in [2.24, 2.45) is 0 Å². The summed E-state index contributed by atoms with van der Waals surface area (Å²) < 4.78 is 5.41. The van der Waals surface area contributed by atoms with Crippen LogP contribution in [0.25, 0.3) is 6.08 Å². The lowest BCUT2D eigenvalue weighted by Crippen LogP contribution is -2.30. The van der Waals surface area contributed by atoms with E-state index in [-0.39, 0.29) is 24.0 Å². The summed E-state index contributed by atoms with van der Waals surface area (Å²) in [5.41, 5.74) is 5.56. The third-order valence-electron chi connectivity index (χ3n) is 9.02. The number of fused-ring (bicyclic) bond motifs is 1. The molecule has 0 radical (unpaired) electrons. The van der Waals surface area contributed by atoms with Crippen LogP contribution in [0.4, 0.5) is 10.7 Å². The molecular formula is C44H44N4O5S2. The number of nitrogens with one attached hydrogen (secondary N) is 3. The second-order valence-electron chi connectivity index (χ2n) is 13.4. The number of thioether (sulfide) groups is 1. The number of carbonyl (C=O) groups excluding carboxylic acids is 4. The van der Waals surface area contributed by atoms with Gasteiger partial charge in [0.05, 0.1) is 17.9 Å². The van der Waals surface area contributed by atoms with Gasteiger partial charge in [-0.3, -0.25) is 19.3 Å². The number of esters is 1. The minimum Gasteiger partial charge on any atom is -0.462 e. The Labute approximate surface area is 330 Å². The molecule has 5 aromatic rings. The van der Waals surface area contributed by atoms with Gasteiger partial charge in [0.25, 0.3) is 11.8 Å². The number of carbonyl (C=O) groups is 4. The van der Waals surface area contributed by atoms with E-state index in [9.17, 15) is 19.2 Å².